The fraction of sp³-hybridized carbons (Fsp3) is 0.278. The molecule has 0 aliphatic heterocycles. The van der Waals surface area contributed by atoms with Crippen molar-refractivity contribution in [2.45, 2.75) is 26.7 Å². The lowest BCUT2D eigenvalue weighted by atomic mass is 10.1. The van der Waals surface area contributed by atoms with E-state index >= 15 is 0 Å². The van der Waals surface area contributed by atoms with Crippen molar-refractivity contribution in [1.82, 2.24) is 4.98 Å². The van der Waals surface area contributed by atoms with Gasteiger partial charge in [0, 0.05) is 11.9 Å². The molecule has 0 aliphatic rings. The van der Waals surface area contributed by atoms with Gasteiger partial charge in [0.2, 0.25) is 0 Å². The number of carboxylic acids is 1. The number of pyridine rings is 1. The minimum atomic E-state index is -1.04. The number of carbonyl (C=O) groups is 2. The molecule has 0 fully saturated rings. The molecule has 0 saturated heterocycles. The number of aryl methyl sites for hydroxylation is 1. The van der Waals surface area contributed by atoms with Crippen molar-refractivity contribution in [3.05, 3.63) is 53.3 Å². The summed E-state index contributed by atoms with van der Waals surface area (Å²) >= 11 is 0. The van der Waals surface area contributed by atoms with Gasteiger partial charge < -0.3 is 15.2 Å². The van der Waals surface area contributed by atoms with E-state index in [1.54, 1.807) is 37.4 Å². The molecule has 1 aromatic heterocycles. The van der Waals surface area contributed by atoms with Gasteiger partial charge in [-0.25, -0.2) is 4.79 Å². The van der Waals surface area contributed by atoms with Crippen molar-refractivity contribution in [3.8, 4) is 5.75 Å². The van der Waals surface area contributed by atoms with Crippen LogP contribution >= 0.6 is 0 Å². The van der Waals surface area contributed by atoms with Gasteiger partial charge in [0.05, 0.1) is 0 Å². The molecule has 24 heavy (non-hydrogen) atoms. The normalized spacial score (nSPS) is 10.5. The highest BCUT2D eigenvalue weighted by molar-refractivity contribution is 6.03. The number of amides is 1. The summed E-state index contributed by atoms with van der Waals surface area (Å²) in [5, 5.41) is 11.4. The van der Waals surface area contributed by atoms with Gasteiger partial charge in [-0.1, -0.05) is 19.9 Å². The van der Waals surface area contributed by atoms with Crippen LogP contribution in [-0.4, -0.2) is 28.6 Å². The Kier molecular flexibility index (Phi) is 5.52. The third kappa shape index (κ3) is 4.55. The number of carboxylic acid groups (broad SMARTS) is 1. The molecule has 0 bridgehead atoms. The zero-order valence-electron chi connectivity index (χ0n) is 13.9. The second kappa shape index (κ2) is 7.59. The van der Waals surface area contributed by atoms with E-state index in [1.807, 2.05) is 6.07 Å². The van der Waals surface area contributed by atoms with E-state index in [-0.39, 0.29) is 5.91 Å². The van der Waals surface area contributed by atoms with E-state index in [1.165, 1.54) is 0 Å². The maximum atomic E-state index is 12.3. The van der Waals surface area contributed by atoms with Gasteiger partial charge in [0.25, 0.3) is 5.91 Å². The first kappa shape index (κ1) is 17.5. The molecule has 1 aromatic carbocycles. The van der Waals surface area contributed by atoms with Gasteiger partial charge in [0.15, 0.2) is 6.61 Å². The van der Waals surface area contributed by atoms with Crippen molar-refractivity contribution in [3.63, 3.8) is 0 Å². The third-order valence-corrected chi connectivity index (χ3v) is 3.49. The highest BCUT2D eigenvalue weighted by Crippen LogP contribution is 2.22. The highest BCUT2D eigenvalue weighted by atomic mass is 16.5. The lowest BCUT2D eigenvalue weighted by Crippen LogP contribution is -2.15. The van der Waals surface area contributed by atoms with Crippen LogP contribution in [-0.2, 0) is 4.79 Å². The second-order valence-corrected chi connectivity index (χ2v) is 5.74. The van der Waals surface area contributed by atoms with Crippen LogP contribution < -0.4 is 10.1 Å². The Hall–Kier alpha value is -2.89. The minimum Gasteiger partial charge on any atom is -0.482 e. The van der Waals surface area contributed by atoms with E-state index in [9.17, 15) is 9.59 Å². The fourth-order valence-corrected chi connectivity index (χ4v) is 2.08. The molecule has 0 unspecified atom stereocenters. The molecule has 126 valence electrons. The van der Waals surface area contributed by atoms with Gasteiger partial charge in [-0.05, 0) is 48.2 Å². The molecule has 6 nitrogen and oxygen atoms in total. The number of nitrogens with one attached hydrogen (secondary N) is 1. The number of ether oxygens (including phenoxy) is 1. The average Bonchev–Trinajstić information content (AvgIpc) is 2.55. The van der Waals surface area contributed by atoms with Crippen molar-refractivity contribution in [1.29, 1.82) is 0 Å². The molecule has 0 radical (unpaired) electrons. The zero-order chi connectivity index (χ0) is 17.7. The van der Waals surface area contributed by atoms with Gasteiger partial charge in [0.1, 0.15) is 11.4 Å². The van der Waals surface area contributed by atoms with E-state index < -0.39 is 12.6 Å². The quantitative estimate of drug-likeness (QED) is 0.850. The first-order chi connectivity index (χ1) is 11.4. The van der Waals surface area contributed by atoms with Gasteiger partial charge in [-0.3, -0.25) is 9.78 Å². The van der Waals surface area contributed by atoms with Crippen LogP contribution in [0.3, 0.4) is 0 Å². The molecule has 1 heterocycles. The van der Waals surface area contributed by atoms with Crippen LogP contribution in [0, 0.1) is 6.92 Å². The Labute approximate surface area is 140 Å². The lowest BCUT2D eigenvalue weighted by Gasteiger charge is -2.11. The van der Waals surface area contributed by atoms with Crippen LogP contribution in [0.1, 0.15) is 41.4 Å². The van der Waals surface area contributed by atoms with Crippen molar-refractivity contribution >= 4 is 17.6 Å². The largest absolute Gasteiger partial charge is 0.482 e. The summed E-state index contributed by atoms with van der Waals surface area (Å²) in [6.07, 6.45) is 1.70. The summed E-state index contributed by atoms with van der Waals surface area (Å²) in [7, 11) is 0. The monoisotopic (exact) mass is 328 g/mol. The van der Waals surface area contributed by atoms with Crippen LogP contribution in [0.25, 0.3) is 0 Å². The molecular formula is C18H20N2O4. The molecule has 2 aromatic rings. The topological polar surface area (TPSA) is 88.5 Å². The number of aliphatic carboxylic acids is 1. The molecule has 0 aliphatic carbocycles. The zero-order valence-corrected chi connectivity index (χ0v) is 13.9. The summed E-state index contributed by atoms with van der Waals surface area (Å²) in [4.78, 5) is 27.0. The van der Waals surface area contributed by atoms with E-state index in [0.717, 1.165) is 11.1 Å². The second-order valence-electron chi connectivity index (χ2n) is 5.74. The average molecular weight is 328 g/mol. The molecule has 0 saturated carbocycles. The Morgan fingerprint density at radius 2 is 2.00 bits per heavy atom. The number of aromatic nitrogens is 1. The Bertz CT molecular complexity index is 739. The summed E-state index contributed by atoms with van der Waals surface area (Å²) in [6.45, 7) is 5.53. The summed E-state index contributed by atoms with van der Waals surface area (Å²) in [5.41, 5.74) is 2.80. The van der Waals surface area contributed by atoms with Crippen LogP contribution in [0.15, 0.2) is 36.5 Å². The molecule has 6 heteroatoms. The van der Waals surface area contributed by atoms with Crippen LogP contribution in [0.2, 0.25) is 0 Å². The molecule has 2 rings (SSSR count). The van der Waals surface area contributed by atoms with Crippen LogP contribution in [0.5, 0.6) is 5.75 Å². The van der Waals surface area contributed by atoms with Crippen molar-refractivity contribution in [2.75, 3.05) is 11.9 Å². The Morgan fingerprint density at radius 3 is 2.54 bits per heavy atom. The number of anilines is 1. The third-order valence-electron chi connectivity index (χ3n) is 3.49. The standard InChI is InChI=1S/C18H20N2O4/c1-11(2)13-4-6-16(19-9-13)18(23)20-15-7-5-14(8-12(15)3)24-10-17(21)22/h4-9,11H,10H2,1-3H3,(H,20,23)(H,21,22). The van der Waals surface area contributed by atoms with E-state index in [2.05, 4.69) is 24.1 Å². The highest BCUT2D eigenvalue weighted by Gasteiger charge is 2.11. The van der Waals surface area contributed by atoms with Gasteiger partial charge in [-0.15, -0.1) is 0 Å². The van der Waals surface area contributed by atoms with E-state index in [4.69, 9.17) is 9.84 Å². The van der Waals surface area contributed by atoms with Crippen LogP contribution in [0.4, 0.5) is 5.69 Å². The molecule has 2 N–H and O–H groups in total. The SMILES string of the molecule is Cc1cc(OCC(=O)O)ccc1NC(=O)c1ccc(C(C)C)cn1. The number of nitrogens with zero attached hydrogens (tertiary/aromatic N) is 1. The first-order valence-electron chi connectivity index (χ1n) is 7.59. The molecule has 0 atom stereocenters. The Morgan fingerprint density at radius 1 is 1.25 bits per heavy atom. The smallest absolute Gasteiger partial charge is 0.341 e. The van der Waals surface area contributed by atoms with E-state index in [0.29, 0.717) is 23.0 Å². The number of carbonyl (C=O) groups excluding carboxylic acids is 1. The van der Waals surface area contributed by atoms with Gasteiger partial charge in [-0.2, -0.15) is 0 Å². The number of benzene rings is 1. The fourth-order valence-electron chi connectivity index (χ4n) is 2.08. The van der Waals surface area contributed by atoms with Gasteiger partial charge >= 0.3 is 5.97 Å². The molecular weight excluding hydrogens is 308 g/mol. The molecule has 1 amide bonds. The number of hydrogen-bond acceptors (Lipinski definition) is 4. The summed E-state index contributed by atoms with van der Waals surface area (Å²) in [5.74, 6) is -0.545. The maximum Gasteiger partial charge on any atom is 0.341 e. The summed E-state index contributed by atoms with van der Waals surface area (Å²) in [6, 6.07) is 8.55. The van der Waals surface area contributed by atoms with Crippen molar-refractivity contribution in [2.24, 2.45) is 0 Å². The maximum absolute atomic E-state index is 12.3. The van der Waals surface area contributed by atoms with Crippen molar-refractivity contribution < 1.29 is 19.4 Å². The predicted molar refractivity (Wildman–Crippen MR) is 90.6 cm³/mol. The lowest BCUT2D eigenvalue weighted by molar-refractivity contribution is -0.139. The Balaban J connectivity index is 2.07. The minimum absolute atomic E-state index is 0.299. The predicted octanol–water partition coefficient (Wildman–Crippen LogP) is 3.23. The molecule has 0 spiro atoms. The summed E-state index contributed by atoms with van der Waals surface area (Å²) < 4.78 is 5.10. The first-order valence-corrected chi connectivity index (χ1v) is 7.59. The number of hydrogen-bond donors (Lipinski definition) is 2. The number of rotatable bonds is 6.